The molecule has 0 fully saturated rings. The van der Waals surface area contributed by atoms with Gasteiger partial charge in [-0.25, -0.2) is 9.78 Å². The maximum absolute atomic E-state index is 13.1. The van der Waals surface area contributed by atoms with E-state index in [1.54, 1.807) is 25.4 Å². The van der Waals surface area contributed by atoms with E-state index in [0.717, 1.165) is 15.9 Å². The normalized spacial score (nSPS) is 11.0. The highest BCUT2D eigenvalue weighted by atomic mass is 35.5. The van der Waals surface area contributed by atoms with Crippen LogP contribution in [0.3, 0.4) is 0 Å². The third-order valence-electron chi connectivity index (χ3n) is 5.63. The number of aromatic nitrogens is 4. The van der Waals surface area contributed by atoms with E-state index >= 15 is 0 Å². The summed E-state index contributed by atoms with van der Waals surface area (Å²) in [5, 5.41) is 4.85. The first-order valence-electron chi connectivity index (χ1n) is 11.6. The van der Waals surface area contributed by atoms with Gasteiger partial charge in [0.15, 0.2) is 0 Å². The summed E-state index contributed by atoms with van der Waals surface area (Å²) in [5.74, 6) is -1.11. The zero-order chi connectivity index (χ0) is 26.4. The molecule has 0 bridgehead atoms. The quantitative estimate of drug-likeness (QED) is 0.272. The summed E-state index contributed by atoms with van der Waals surface area (Å²) in [7, 11) is 0. The molecule has 0 unspecified atom stereocenters. The van der Waals surface area contributed by atoms with Gasteiger partial charge in [0.1, 0.15) is 18.0 Å². The molecule has 12 heteroatoms. The Hall–Kier alpha value is -4.12. The average molecular weight is 528 g/mol. The summed E-state index contributed by atoms with van der Waals surface area (Å²) in [5.41, 5.74) is 2.16. The van der Waals surface area contributed by atoms with Gasteiger partial charge in [0, 0.05) is 23.8 Å². The monoisotopic (exact) mass is 527 g/mol. The highest BCUT2D eigenvalue weighted by Gasteiger charge is 2.22. The topological polar surface area (TPSA) is 126 Å². The summed E-state index contributed by atoms with van der Waals surface area (Å²) < 4.78 is 18.4. The van der Waals surface area contributed by atoms with Gasteiger partial charge in [-0.2, -0.15) is 4.68 Å². The molecule has 0 aliphatic heterocycles. The number of hydrogen-bond donors (Lipinski definition) is 0. The molecule has 194 valence electrons. The van der Waals surface area contributed by atoms with E-state index in [1.165, 1.54) is 11.2 Å². The van der Waals surface area contributed by atoms with Crippen molar-refractivity contribution in [1.29, 1.82) is 0 Å². The van der Waals surface area contributed by atoms with Crippen LogP contribution in [0.15, 0.2) is 62.6 Å². The number of nitrogens with zero attached hydrogens (tertiary/aromatic N) is 5. The Morgan fingerprint density at radius 1 is 1.19 bits per heavy atom. The minimum absolute atomic E-state index is 0.00347. The molecule has 0 saturated heterocycles. The Morgan fingerprint density at radius 2 is 1.97 bits per heavy atom. The molecule has 0 N–H and O–H groups in total. The molecule has 0 aliphatic carbocycles. The van der Waals surface area contributed by atoms with Gasteiger partial charge >= 0.3 is 11.7 Å². The third kappa shape index (κ3) is 6.56. The second kappa shape index (κ2) is 11.7. The van der Waals surface area contributed by atoms with Gasteiger partial charge in [-0.05, 0) is 43.7 Å². The van der Waals surface area contributed by atoms with Crippen LogP contribution in [0, 0.1) is 6.92 Å². The van der Waals surface area contributed by atoms with Crippen molar-refractivity contribution < 1.29 is 23.2 Å². The van der Waals surface area contributed by atoms with Crippen LogP contribution in [0.25, 0.3) is 11.6 Å². The third-order valence-corrected chi connectivity index (χ3v) is 5.88. The maximum atomic E-state index is 13.1. The smallest absolute Gasteiger partial charge is 0.437 e. The summed E-state index contributed by atoms with van der Waals surface area (Å²) in [6.07, 6.45) is 3.12. The lowest BCUT2D eigenvalue weighted by Gasteiger charge is -2.21. The van der Waals surface area contributed by atoms with Crippen LogP contribution in [-0.2, 0) is 34.0 Å². The lowest BCUT2D eigenvalue weighted by molar-refractivity contribution is -0.144. The number of ether oxygens (including phenoxy) is 1. The molecule has 11 nitrogen and oxygen atoms in total. The van der Waals surface area contributed by atoms with E-state index in [0.29, 0.717) is 23.0 Å². The lowest BCUT2D eigenvalue weighted by atomic mass is 10.2. The predicted molar refractivity (Wildman–Crippen MR) is 133 cm³/mol. The van der Waals surface area contributed by atoms with E-state index in [4.69, 9.17) is 25.2 Å². The van der Waals surface area contributed by atoms with Gasteiger partial charge in [-0.15, -0.1) is 5.10 Å². The molecule has 0 radical (unpaired) electrons. The van der Waals surface area contributed by atoms with Crippen molar-refractivity contribution >= 4 is 23.5 Å². The molecule has 3 heterocycles. The fourth-order valence-corrected chi connectivity index (χ4v) is 3.80. The molecule has 0 aliphatic rings. The van der Waals surface area contributed by atoms with Crippen LogP contribution in [0.2, 0.25) is 5.02 Å². The van der Waals surface area contributed by atoms with Gasteiger partial charge in [-0.1, -0.05) is 23.7 Å². The zero-order valence-electron chi connectivity index (χ0n) is 20.4. The van der Waals surface area contributed by atoms with Gasteiger partial charge < -0.3 is 23.0 Å². The van der Waals surface area contributed by atoms with Crippen LogP contribution in [-0.4, -0.2) is 49.3 Å². The number of hydrogen-bond acceptors (Lipinski definition) is 8. The number of furan rings is 1. The highest BCUT2D eigenvalue weighted by Crippen LogP contribution is 2.20. The second-order valence-corrected chi connectivity index (χ2v) is 8.65. The second-order valence-electron chi connectivity index (χ2n) is 8.21. The molecule has 1 amide bonds. The molecule has 0 saturated carbocycles. The van der Waals surface area contributed by atoms with Gasteiger partial charge in [0.05, 0.1) is 32.2 Å². The first-order valence-corrected chi connectivity index (χ1v) is 12.0. The maximum Gasteiger partial charge on any atom is 0.437 e. The van der Waals surface area contributed by atoms with Crippen molar-refractivity contribution in [3.63, 3.8) is 0 Å². The van der Waals surface area contributed by atoms with Crippen molar-refractivity contribution in [2.45, 2.75) is 39.9 Å². The largest absolute Gasteiger partial charge is 0.467 e. The number of esters is 1. The van der Waals surface area contributed by atoms with E-state index in [-0.39, 0.29) is 38.6 Å². The van der Waals surface area contributed by atoms with Crippen LogP contribution < -0.4 is 5.76 Å². The number of imidazole rings is 1. The van der Waals surface area contributed by atoms with E-state index in [9.17, 15) is 14.4 Å². The van der Waals surface area contributed by atoms with Gasteiger partial charge in [-0.3, -0.25) is 9.59 Å². The Kier molecular flexibility index (Phi) is 8.24. The molecule has 0 spiro atoms. The average Bonchev–Trinajstić information content (AvgIpc) is 3.60. The fourth-order valence-electron chi connectivity index (χ4n) is 3.67. The molecule has 1 aromatic carbocycles. The molecule has 3 aromatic heterocycles. The van der Waals surface area contributed by atoms with Gasteiger partial charge in [0.25, 0.3) is 5.89 Å². The number of halogens is 1. The summed E-state index contributed by atoms with van der Waals surface area (Å²) in [4.78, 5) is 43.2. The molecular weight excluding hydrogens is 502 g/mol. The van der Waals surface area contributed by atoms with Crippen LogP contribution in [0.4, 0.5) is 0 Å². The highest BCUT2D eigenvalue weighted by molar-refractivity contribution is 6.30. The molecule has 0 atom stereocenters. The Morgan fingerprint density at radius 3 is 2.68 bits per heavy atom. The van der Waals surface area contributed by atoms with Gasteiger partial charge in [0.2, 0.25) is 5.91 Å². The zero-order valence-corrected chi connectivity index (χ0v) is 21.2. The lowest BCUT2D eigenvalue weighted by Crippen LogP contribution is -2.37. The van der Waals surface area contributed by atoms with Crippen LogP contribution in [0.5, 0.6) is 0 Å². The Labute approximate surface area is 217 Å². The molecular formula is C25H26ClN5O6. The van der Waals surface area contributed by atoms with Crippen molar-refractivity contribution in [3.8, 4) is 11.6 Å². The molecule has 37 heavy (non-hydrogen) atoms. The Balaban J connectivity index is 1.48. The number of carbonyl (C=O) groups excluding carboxylic acids is 2. The van der Waals surface area contributed by atoms with Crippen molar-refractivity contribution in [2.75, 3.05) is 13.2 Å². The minimum atomic E-state index is -0.793. The summed E-state index contributed by atoms with van der Waals surface area (Å²) in [6, 6.07) is 10.9. The van der Waals surface area contributed by atoms with E-state index < -0.39 is 17.6 Å². The number of carbonyl (C=O) groups is 2. The SMILES string of the molecule is CCOC(=O)CCN(Cc1ccco1)C(=O)Cn1nc(-c2ncn(Cc3ccc(Cl)cc3)c2C)oc1=O. The summed E-state index contributed by atoms with van der Waals surface area (Å²) >= 11 is 5.96. The first-order chi connectivity index (χ1) is 17.8. The summed E-state index contributed by atoms with van der Waals surface area (Å²) in [6.45, 7) is 4.17. The van der Waals surface area contributed by atoms with E-state index in [2.05, 4.69) is 10.1 Å². The number of amides is 1. The number of benzene rings is 1. The minimum Gasteiger partial charge on any atom is -0.467 e. The van der Waals surface area contributed by atoms with Crippen molar-refractivity contribution in [1.82, 2.24) is 24.2 Å². The fraction of sp³-hybridized carbons (Fsp3) is 0.320. The van der Waals surface area contributed by atoms with Crippen LogP contribution in [0.1, 0.15) is 30.4 Å². The predicted octanol–water partition coefficient (Wildman–Crippen LogP) is 3.28. The standard InChI is InChI=1S/C25H26ClN5O6/c1-3-35-22(33)10-11-29(14-20-5-4-12-36-20)21(32)15-31-25(34)37-24(28-31)23-17(2)30(16-27-23)13-18-6-8-19(26)9-7-18/h4-9,12,16H,3,10-11,13-15H2,1-2H3. The van der Waals surface area contributed by atoms with Crippen molar-refractivity contribution in [3.05, 3.63) is 81.6 Å². The molecule has 4 aromatic rings. The number of rotatable bonds is 11. The van der Waals surface area contributed by atoms with E-state index in [1.807, 2.05) is 35.8 Å². The Bertz CT molecular complexity index is 1400. The van der Waals surface area contributed by atoms with Crippen LogP contribution >= 0.6 is 11.6 Å². The van der Waals surface area contributed by atoms with Crippen molar-refractivity contribution in [2.24, 2.45) is 0 Å². The molecule has 4 rings (SSSR count). The first kappa shape index (κ1) is 26.0.